The van der Waals surface area contributed by atoms with Gasteiger partial charge in [-0.25, -0.2) is 4.79 Å². The van der Waals surface area contributed by atoms with Gasteiger partial charge in [-0.15, -0.1) is 5.10 Å². The van der Waals surface area contributed by atoms with E-state index in [-0.39, 0.29) is 6.01 Å². The SMILES string of the molecule is CC(Oc1ccc(Oc2nnc3ccc(Cl)cc3n2)cc1)C(=O)O. The number of benzene rings is 2. The van der Waals surface area contributed by atoms with Crippen molar-refractivity contribution in [1.29, 1.82) is 0 Å². The standard InChI is InChI=1S/C16H12ClN3O4/c1-9(15(21)22)23-11-3-5-12(6-4-11)24-16-18-14-8-10(17)2-7-13(14)19-20-16/h2-9H,1H3,(H,21,22). The largest absolute Gasteiger partial charge is 0.479 e. The summed E-state index contributed by atoms with van der Waals surface area (Å²) in [4.78, 5) is 15.0. The second-order valence-corrected chi connectivity index (χ2v) is 5.34. The number of ether oxygens (including phenoxy) is 2. The lowest BCUT2D eigenvalue weighted by Gasteiger charge is -2.10. The summed E-state index contributed by atoms with van der Waals surface area (Å²) in [7, 11) is 0. The number of halogens is 1. The maximum absolute atomic E-state index is 10.8. The number of fused-ring (bicyclic) bond motifs is 1. The van der Waals surface area contributed by atoms with Crippen LogP contribution in [-0.2, 0) is 4.79 Å². The number of aromatic nitrogens is 3. The normalized spacial score (nSPS) is 11.9. The lowest BCUT2D eigenvalue weighted by atomic mass is 10.3. The predicted molar refractivity (Wildman–Crippen MR) is 86.6 cm³/mol. The Bertz CT molecular complexity index is 886. The third kappa shape index (κ3) is 3.69. The lowest BCUT2D eigenvalue weighted by molar-refractivity contribution is -0.144. The fourth-order valence-corrected chi connectivity index (χ4v) is 2.05. The molecule has 0 aliphatic heterocycles. The fourth-order valence-electron chi connectivity index (χ4n) is 1.88. The lowest BCUT2D eigenvalue weighted by Crippen LogP contribution is -2.22. The number of hydrogen-bond acceptors (Lipinski definition) is 6. The van der Waals surface area contributed by atoms with E-state index in [9.17, 15) is 4.79 Å². The molecular weight excluding hydrogens is 334 g/mol. The first-order chi connectivity index (χ1) is 11.5. The van der Waals surface area contributed by atoms with Crippen LogP contribution in [0.3, 0.4) is 0 Å². The van der Waals surface area contributed by atoms with E-state index in [0.29, 0.717) is 27.6 Å². The van der Waals surface area contributed by atoms with E-state index in [1.54, 1.807) is 42.5 Å². The minimum atomic E-state index is -1.04. The van der Waals surface area contributed by atoms with Crippen LogP contribution in [0.15, 0.2) is 42.5 Å². The minimum Gasteiger partial charge on any atom is -0.479 e. The van der Waals surface area contributed by atoms with E-state index in [2.05, 4.69) is 15.2 Å². The van der Waals surface area contributed by atoms with E-state index in [4.69, 9.17) is 26.2 Å². The number of carbonyl (C=O) groups is 1. The van der Waals surface area contributed by atoms with E-state index in [1.807, 2.05) is 0 Å². The summed E-state index contributed by atoms with van der Waals surface area (Å²) in [6.45, 7) is 1.45. The van der Waals surface area contributed by atoms with Crippen molar-refractivity contribution >= 4 is 28.6 Å². The first kappa shape index (κ1) is 15.9. The van der Waals surface area contributed by atoms with Crippen molar-refractivity contribution in [3.8, 4) is 17.5 Å². The molecule has 3 aromatic rings. The molecule has 1 atom stereocenters. The third-order valence-electron chi connectivity index (χ3n) is 3.09. The monoisotopic (exact) mass is 345 g/mol. The molecule has 1 N–H and O–H groups in total. The number of hydrogen-bond donors (Lipinski definition) is 1. The van der Waals surface area contributed by atoms with Gasteiger partial charge >= 0.3 is 12.0 Å². The van der Waals surface area contributed by atoms with Crippen molar-refractivity contribution in [2.24, 2.45) is 0 Å². The third-order valence-corrected chi connectivity index (χ3v) is 3.33. The summed E-state index contributed by atoms with van der Waals surface area (Å²) in [5.41, 5.74) is 1.18. The molecule has 0 saturated heterocycles. The zero-order chi connectivity index (χ0) is 17.1. The fraction of sp³-hybridized carbons (Fsp3) is 0.125. The van der Waals surface area contributed by atoms with Gasteiger partial charge in [0.25, 0.3) is 0 Å². The Balaban J connectivity index is 1.75. The summed E-state index contributed by atoms with van der Waals surface area (Å²) in [5, 5.41) is 17.3. The van der Waals surface area contributed by atoms with Gasteiger partial charge in [0, 0.05) is 5.02 Å². The Morgan fingerprint density at radius 2 is 1.79 bits per heavy atom. The molecule has 24 heavy (non-hydrogen) atoms. The minimum absolute atomic E-state index is 0.0809. The summed E-state index contributed by atoms with van der Waals surface area (Å²) < 4.78 is 10.8. The summed E-state index contributed by atoms with van der Waals surface area (Å²) in [6.07, 6.45) is -0.936. The average Bonchev–Trinajstić information content (AvgIpc) is 2.56. The smallest absolute Gasteiger partial charge is 0.344 e. The molecule has 0 aliphatic carbocycles. The topological polar surface area (TPSA) is 94.4 Å². The van der Waals surface area contributed by atoms with E-state index >= 15 is 0 Å². The van der Waals surface area contributed by atoms with Gasteiger partial charge in [-0.3, -0.25) is 0 Å². The van der Waals surface area contributed by atoms with Crippen LogP contribution in [0.5, 0.6) is 17.5 Å². The second-order valence-electron chi connectivity index (χ2n) is 4.90. The molecule has 0 amide bonds. The Morgan fingerprint density at radius 3 is 2.50 bits per heavy atom. The highest BCUT2D eigenvalue weighted by Crippen LogP contribution is 2.23. The van der Waals surface area contributed by atoms with Crippen molar-refractivity contribution < 1.29 is 19.4 Å². The molecule has 2 aromatic carbocycles. The molecule has 1 aromatic heterocycles. The zero-order valence-corrected chi connectivity index (χ0v) is 13.3. The maximum atomic E-state index is 10.8. The van der Waals surface area contributed by atoms with Gasteiger partial charge in [0.05, 0.1) is 5.52 Å². The summed E-state index contributed by atoms with van der Waals surface area (Å²) >= 11 is 5.93. The Hall–Kier alpha value is -2.93. The van der Waals surface area contributed by atoms with Crippen molar-refractivity contribution in [2.75, 3.05) is 0 Å². The number of carboxylic acid groups (broad SMARTS) is 1. The molecule has 0 fully saturated rings. The Morgan fingerprint density at radius 1 is 1.08 bits per heavy atom. The van der Waals surface area contributed by atoms with Crippen LogP contribution >= 0.6 is 11.6 Å². The van der Waals surface area contributed by atoms with Crippen LogP contribution in [0, 0.1) is 0 Å². The second kappa shape index (κ2) is 6.67. The molecule has 0 radical (unpaired) electrons. The highest BCUT2D eigenvalue weighted by Gasteiger charge is 2.12. The van der Waals surface area contributed by atoms with Crippen LogP contribution in [0.4, 0.5) is 0 Å². The van der Waals surface area contributed by atoms with E-state index < -0.39 is 12.1 Å². The van der Waals surface area contributed by atoms with E-state index in [0.717, 1.165) is 0 Å². The highest BCUT2D eigenvalue weighted by atomic mass is 35.5. The number of carboxylic acids is 1. The Labute approximate surface area is 141 Å². The van der Waals surface area contributed by atoms with Crippen molar-refractivity contribution in [2.45, 2.75) is 13.0 Å². The summed E-state index contributed by atoms with van der Waals surface area (Å²) in [5.74, 6) is -0.153. The van der Waals surface area contributed by atoms with Gasteiger partial charge in [-0.2, -0.15) is 4.98 Å². The molecule has 3 rings (SSSR count). The number of nitrogens with zero attached hydrogens (tertiary/aromatic N) is 3. The molecule has 1 unspecified atom stereocenters. The molecule has 8 heteroatoms. The predicted octanol–water partition coefficient (Wildman–Crippen LogP) is 3.32. The van der Waals surface area contributed by atoms with Crippen LogP contribution in [-0.4, -0.2) is 32.4 Å². The molecule has 0 aliphatic rings. The molecule has 0 spiro atoms. The van der Waals surface area contributed by atoms with Crippen LogP contribution in [0.25, 0.3) is 11.0 Å². The summed E-state index contributed by atoms with van der Waals surface area (Å²) in [6, 6.07) is 11.6. The Kier molecular flexibility index (Phi) is 4.43. The van der Waals surface area contributed by atoms with Crippen LogP contribution in [0.1, 0.15) is 6.92 Å². The van der Waals surface area contributed by atoms with Crippen molar-refractivity contribution in [3.05, 3.63) is 47.5 Å². The van der Waals surface area contributed by atoms with Crippen LogP contribution in [0.2, 0.25) is 5.02 Å². The van der Waals surface area contributed by atoms with Gasteiger partial charge in [-0.1, -0.05) is 16.7 Å². The molecule has 7 nitrogen and oxygen atoms in total. The molecule has 122 valence electrons. The molecular formula is C16H12ClN3O4. The van der Waals surface area contributed by atoms with Gasteiger partial charge in [0.2, 0.25) is 0 Å². The quantitative estimate of drug-likeness (QED) is 0.757. The van der Waals surface area contributed by atoms with Gasteiger partial charge in [0.1, 0.15) is 17.0 Å². The van der Waals surface area contributed by atoms with Crippen molar-refractivity contribution in [3.63, 3.8) is 0 Å². The van der Waals surface area contributed by atoms with Crippen LogP contribution < -0.4 is 9.47 Å². The number of rotatable bonds is 5. The van der Waals surface area contributed by atoms with Gasteiger partial charge in [-0.05, 0) is 49.4 Å². The molecule has 1 heterocycles. The van der Waals surface area contributed by atoms with Gasteiger partial charge < -0.3 is 14.6 Å². The maximum Gasteiger partial charge on any atom is 0.344 e. The zero-order valence-electron chi connectivity index (χ0n) is 12.5. The molecule has 0 saturated carbocycles. The number of aliphatic carboxylic acids is 1. The first-order valence-electron chi connectivity index (χ1n) is 6.98. The first-order valence-corrected chi connectivity index (χ1v) is 7.36. The van der Waals surface area contributed by atoms with Gasteiger partial charge in [0.15, 0.2) is 6.10 Å². The van der Waals surface area contributed by atoms with Crippen molar-refractivity contribution in [1.82, 2.24) is 15.2 Å². The highest BCUT2D eigenvalue weighted by molar-refractivity contribution is 6.31. The molecule has 0 bridgehead atoms. The average molecular weight is 346 g/mol. The van der Waals surface area contributed by atoms with E-state index in [1.165, 1.54) is 6.92 Å².